The molecule has 0 spiro atoms. The molecule has 3 aliphatic rings. The molecule has 0 saturated carbocycles. The normalized spacial score (nSPS) is 28.6. The molecule has 0 aromatic heterocycles. The zero-order valence-corrected chi connectivity index (χ0v) is 18.6. The maximum absolute atomic E-state index is 13.5. The molecule has 4 atom stereocenters. The zero-order valence-electron chi connectivity index (χ0n) is 18.6. The summed E-state index contributed by atoms with van der Waals surface area (Å²) in [5.41, 5.74) is 1.84. The molecule has 178 valence electrons. The lowest BCUT2D eigenvalue weighted by Gasteiger charge is -2.47. The average molecular weight is 461 g/mol. The standard InChI is InChI=1S/C26H31F3N2O2/c27-26(28,29)19-6-9-23-22(14-19)25-21(24(30-23)18-4-2-1-3-5-18)8-7-20(33-25)15-31-12-10-17(16-32)11-13-31/h1-6,9,14,17,20-21,24-25,30,32H,7-8,10-13,15-16H2/t20-,21+,24+,25+/m1/s1. The number of hydrogen-bond acceptors (Lipinski definition) is 4. The molecule has 2 aromatic carbocycles. The highest BCUT2D eigenvalue weighted by Gasteiger charge is 2.44. The molecule has 0 bridgehead atoms. The lowest BCUT2D eigenvalue weighted by molar-refractivity contribution is -0.138. The Hall–Kier alpha value is -2.09. The van der Waals surface area contributed by atoms with Crippen molar-refractivity contribution in [3.63, 3.8) is 0 Å². The molecule has 0 amide bonds. The Labute approximate surface area is 192 Å². The van der Waals surface area contributed by atoms with Gasteiger partial charge in [0.15, 0.2) is 0 Å². The van der Waals surface area contributed by atoms with Crippen molar-refractivity contribution < 1.29 is 23.0 Å². The number of benzene rings is 2. The monoisotopic (exact) mass is 460 g/mol. The summed E-state index contributed by atoms with van der Waals surface area (Å²) in [6.45, 7) is 2.90. The summed E-state index contributed by atoms with van der Waals surface area (Å²) in [5, 5.41) is 12.9. The maximum atomic E-state index is 13.5. The maximum Gasteiger partial charge on any atom is 0.416 e. The fourth-order valence-corrected chi connectivity index (χ4v) is 5.70. The quantitative estimate of drug-likeness (QED) is 0.640. The van der Waals surface area contributed by atoms with Crippen LogP contribution in [0.25, 0.3) is 0 Å². The molecule has 7 heteroatoms. The highest BCUT2D eigenvalue weighted by molar-refractivity contribution is 5.58. The second-order valence-corrected chi connectivity index (χ2v) is 9.68. The number of piperidine rings is 1. The van der Waals surface area contributed by atoms with Crippen molar-refractivity contribution >= 4 is 5.69 Å². The SMILES string of the molecule is OCC1CCN(C[C@H]2CC[C@@H]3[C@H](O2)c2cc(C(F)(F)F)ccc2N[C@H]3c2ccccc2)CC1. The number of alkyl halides is 3. The van der Waals surface area contributed by atoms with Gasteiger partial charge in [-0.15, -0.1) is 0 Å². The summed E-state index contributed by atoms with van der Waals surface area (Å²) < 4.78 is 47.0. The van der Waals surface area contributed by atoms with Gasteiger partial charge >= 0.3 is 6.18 Å². The largest absolute Gasteiger partial charge is 0.416 e. The predicted molar refractivity (Wildman–Crippen MR) is 121 cm³/mol. The number of likely N-dealkylation sites (tertiary alicyclic amines) is 1. The smallest absolute Gasteiger partial charge is 0.396 e. The van der Waals surface area contributed by atoms with Crippen LogP contribution in [0.3, 0.4) is 0 Å². The summed E-state index contributed by atoms with van der Waals surface area (Å²) in [7, 11) is 0. The highest BCUT2D eigenvalue weighted by Crippen LogP contribution is 2.51. The fraction of sp³-hybridized carbons (Fsp3) is 0.538. The van der Waals surface area contributed by atoms with Gasteiger partial charge in [-0.25, -0.2) is 0 Å². The second-order valence-electron chi connectivity index (χ2n) is 9.68. The van der Waals surface area contributed by atoms with Crippen molar-refractivity contribution in [1.82, 2.24) is 4.90 Å². The molecule has 0 unspecified atom stereocenters. The number of anilines is 1. The van der Waals surface area contributed by atoms with Gasteiger partial charge in [-0.1, -0.05) is 30.3 Å². The lowest BCUT2D eigenvalue weighted by Crippen LogP contribution is -2.45. The van der Waals surface area contributed by atoms with Crippen molar-refractivity contribution in [3.8, 4) is 0 Å². The molecular weight excluding hydrogens is 429 g/mol. The first-order valence-electron chi connectivity index (χ1n) is 11.9. The fourth-order valence-electron chi connectivity index (χ4n) is 5.70. The van der Waals surface area contributed by atoms with Gasteiger partial charge in [-0.3, -0.25) is 0 Å². The van der Waals surface area contributed by atoms with Gasteiger partial charge in [0.05, 0.1) is 23.8 Å². The van der Waals surface area contributed by atoms with E-state index in [1.165, 1.54) is 6.07 Å². The third-order valence-corrected chi connectivity index (χ3v) is 7.56. The number of hydrogen-bond donors (Lipinski definition) is 2. The Bertz CT molecular complexity index is 944. The average Bonchev–Trinajstić information content (AvgIpc) is 2.83. The van der Waals surface area contributed by atoms with Gasteiger partial charge < -0.3 is 20.1 Å². The highest BCUT2D eigenvalue weighted by atomic mass is 19.4. The van der Waals surface area contributed by atoms with Crippen molar-refractivity contribution in [2.24, 2.45) is 11.8 Å². The molecule has 2 aromatic rings. The van der Waals surface area contributed by atoms with E-state index >= 15 is 0 Å². The number of aliphatic hydroxyl groups is 1. The first-order valence-corrected chi connectivity index (χ1v) is 11.9. The molecule has 4 nitrogen and oxygen atoms in total. The minimum absolute atomic E-state index is 0.00156. The molecule has 5 rings (SSSR count). The number of rotatable bonds is 4. The molecule has 3 aliphatic heterocycles. The molecule has 2 fully saturated rings. The van der Waals surface area contributed by atoms with Crippen LogP contribution in [-0.4, -0.2) is 42.4 Å². The second kappa shape index (κ2) is 9.28. The Morgan fingerprint density at radius 3 is 2.45 bits per heavy atom. The number of ether oxygens (including phenoxy) is 1. The van der Waals surface area contributed by atoms with Crippen LogP contribution < -0.4 is 5.32 Å². The Morgan fingerprint density at radius 1 is 1.00 bits per heavy atom. The van der Waals surface area contributed by atoms with Gasteiger partial charge in [0.1, 0.15) is 0 Å². The van der Waals surface area contributed by atoms with Crippen LogP contribution in [0.4, 0.5) is 18.9 Å². The molecule has 2 N–H and O–H groups in total. The summed E-state index contributed by atoms with van der Waals surface area (Å²) in [5.74, 6) is 0.446. The Balaban J connectivity index is 1.40. The zero-order chi connectivity index (χ0) is 23.0. The molecule has 0 radical (unpaired) electrons. The van der Waals surface area contributed by atoms with Crippen LogP contribution in [0.1, 0.15) is 54.5 Å². The third kappa shape index (κ3) is 4.77. The molecule has 2 saturated heterocycles. The van der Waals surface area contributed by atoms with Gasteiger partial charge in [0.2, 0.25) is 0 Å². The first kappa shape index (κ1) is 22.7. The van der Waals surface area contributed by atoms with Crippen molar-refractivity contribution in [2.75, 3.05) is 31.6 Å². The topological polar surface area (TPSA) is 44.7 Å². The van der Waals surface area contributed by atoms with Crippen molar-refractivity contribution in [3.05, 3.63) is 65.2 Å². The van der Waals surface area contributed by atoms with Crippen LogP contribution in [0, 0.1) is 11.8 Å². The third-order valence-electron chi connectivity index (χ3n) is 7.56. The van der Waals surface area contributed by atoms with Gasteiger partial charge in [0.25, 0.3) is 0 Å². The lowest BCUT2D eigenvalue weighted by atomic mass is 9.76. The summed E-state index contributed by atoms with van der Waals surface area (Å²) >= 11 is 0. The van der Waals surface area contributed by atoms with Crippen LogP contribution in [0.15, 0.2) is 48.5 Å². The molecule has 3 heterocycles. The van der Waals surface area contributed by atoms with E-state index in [-0.39, 0.29) is 30.8 Å². The first-order chi connectivity index (χ1) is 15.9. The minimum atomic E-state index is -4.38. The Kier molecular flexibility index (Phi) is 6.38. The number of nitrogens with zero attached hydrogens (tertiary/aromatic N) is 1. The van der Waals surface area contributed by atoms with Gasteiger partial charge in [-0.2, -0.15) is 13.2 Å². The van der Waals surface area contributed by atoms with Crippen molar-refractivity contribution in [1.29, 1.82) is 0 Å². The number of halogens is 3. The predicted octanol–water partition coefficient (Wildman–Crippen LogP) is 5.41. The number of nitrogens with one attached hydrogen (secondary N) is 1. The number of aliphatic hydroxyl groups excluding tert-OH is 1. The van der Waals surface area contributed by atoms with E-state index in [4.69, 9.17) is 4.74 Å². The Morgan fingerprint density at radius 2 is 1.76 bits per heavy atom. The van der Waals surface area contributed by atoms with E-state index in [9.17, 15) is 18.3 Å². The van der Waals surface area contributed by atoms with Crippen molar-refractivity contribution in [2.45, 2.75) is 50.1 Å². The van der Waals surface area contributed by atoms with E-state index in [0.717, 1.165) is 62.6 Å². The molecular formula is C26H31F3N2O2. The van der Waals surface area contributed by atoms with E-state index in [2.05, 4.69) is 22.3 Å². The van der Waals surface area contributed by atoms with Gasteiger partial charge in [-0.05, 0) is 68.5 Å². The minimum Gasteiger partial charge on any atom is -0.396 e. The van der Waals surface area contributed by atoms with E-state index < -0.39 is 11.7 Å². The van der Waals surface area contributed by atoms with E-state index in [1.807, 2.05) is 18.2 Å². The summed E-state index contributed by atoms with van der Waals surface area (Å²) in [6, 6.07) is 14.1. The van der Waals surface area contributed by atoms with Crippen LogP contribution in [0.5, 0.6) is 0 Å². The molecule has 33 heavy (non-hydrogen) atoms. The van der Waals surface area contributed by atoms with Crippen LogP contribution in [-0.2, 0) is 10.9 Å². The van der Waals surface area contributed by atoms with E-state index in [0.29, 0.717) is 11.5 Å². The molecule has 0 aliphatic carbocycles. The summed E-state index contributed by atoms with van der Waals surface area (Å²) in [4.78, 5) is 2.37. The summed E-state index contributed by atoms with van der Waals surface area (Å²) in [6.07, 6.45) is -1.02. The van der Waals surface area contributed by atoms with E-state index in [1.54, 1.807) is 6.07 Å². The van der Waals surface area contributed by atoms with Gasteiger partial charge in [0, 0.05) is 30.3 Å². The van der Waals surface area contributed by atoms with Crippen LogP contribution >= 0.6 is 0 Å². The number of fused-ring (bicyclic) bond motifs is 3. The van der Waals surface area contributed by atoms with Crippen LogP contribution in [0.2, 0.25) is 0 Å².